The first-order valence-corrected chi connectivity index (χ1v) is 9.44. The van der Waals surface area contributed by atoms with E-state index in [4.69, 9.17) is 16.3 Å². The van der Waals surface area contributed by atoms with Crippen LogP contribution in [0, 0.1) is 17.5 Å². The Hall–Kier alpha value is -2.68. The Bertz CT molecular complexity index is 1070. The highest BCUT2D eigenvalue weighted by molar-refractivity contribution is 6.32. The lowest BCUT2D eigenvalue weighted by atomic mass is 9.82. The fourth-order valence-electron chi connectivity index (χ4n) is 3.92. The van der Waals surface area contributed by atoms with Crippen molar-refractivity contribution in [1.29, 1.82) is 0 Å². The summed E-state index contributed by atoms with van der Waals surface area (Å²) >= 11 is 6.31. The molecule has 0 N–H and O–H groups in total. The van der Waals surface area contributed by atoms with Crippen LogP contribution in [0.15, 0.2) is 18.5 Å². The minimum atomic E-state index is -1.08. The molecule has 6 nitrogen and oxygen atoms in total. The number of carbonyl (C=O) groups excluding carboxylic acids is 1. The third-order valence-corrected chi connectivity index (χ3v) is 5.34. The van der Waals surface area contributed by atoms with E-state index in [9.17, 15) is 18.0 Å². The maximum Gasteiger partial charge on any atom is 0.302 e. The number of hydrogen-bond donors (Lipinski definition) is 0. The van der Waals surface area contributed by atoms with Crippen LogP contribution in [0.2, 0.25) is 5.15 Å². The molecule has 0 unspecified atom stereocenters. The summed E-state index contributed by atoms with van der Waals surface area (Å²) in [5.74, 6) is -3.54. The zero-order chi connectivity index (χ0) is 20.7. The molecular weight excluding hydrogens is 409 g/mol. The molecular formula is C19H16ClF3N4O2. The number of benzene rings is 1. The van der Waals surface area contributed by atoms with Gasteiger partial charge in [0, 0.05) is 30.5 Å². The average Bonchev–Trinajstić information content (AvgIpc) is 3.09. The van der Waals surface area contributed by atoms with Gasteiger partial charge in [-0.2, -0.15) is 15.1 Å². The zero-order valence-electron chi connectivity index (χ0n) is 15.3. The second-order valence-corrected chi connectivity index (χ2v) is 7.32. The first kappa shape index (κ1) is 19.6. The molecule has 0 radical (unpaired) electrons. The van der Waals surface area contributed by atoms with E-state index in [1.807, 2.05) is 0 Å². The van der Waals surface area contributed by atoms with Gasteiger partial charge in [-0.25, -0.2) is 17.7 Å². The maximum atomic E-state index is 14.6. The Morgan fingerprint density at radius 3 is 2.41 bits per heavy atom. The van der Waals surface area contributed by atoms with E-state index in [1.54, 1.807) is 0 Å². The van der Waals surface area contributed by atoms with Crippen LogP contribution in [-0.2, 0) is 9.53 Å². The number of halogens is 4. The van der Waals surface area contributed by atoms with Crippen molar-refractivity contribution in [2.45, 2.75) is 44.6 Å². The molecule has 3 aromatic rings. The van der Waals surface area contributed by atoms with Crippen LogP contribution in [0.5, 0.6) is 0 Å². The highest BCUT2D eigenvalue weighted by Crippen LogP contribution is 2.42. The minimum absolute atomic E-state index is 0.0237. The molecule has 2 aromatic heterocycles. The molecule has 1 aliphatic carbocycles. The Balaban J connectivity index is 1.85. The lowest BCUT2D eigenvalue weighted by Gasteiger charge is -2.29. The van der Waals surface area contributed by atoms with Crippen molar-refractivity contribution >= 4 is 23.3 Å². The van der Waals surface area contributed by atoms with E-state index in [2.05, 4.69) is 15.1 Å². The molecule has 29 heavy (non-hydrogen) atoms. The molecule has 0 spiro atoms. The third kappa shape index (κ3) is 3.66. The zero-order valence-corrected chi connectivity index (χ0v) is 16.1. The summed E-state index contributed by atoms with van der Waals surface area (Å²) in [6, 6.07) is 1.20. The van der Waals surface area contributed by atoms with Gasteiger partial charge in [0.15, 0.2) is 0 Å². The van der Waals surface area contributed by atoms with Crippen molar-refractivity contribution < 1.29 is 22.7 Å². The maximum absolute atomic E-state index is 14.6. The Kier molecular flexibility index (Phi) is 5.16. The van der Waals surface area contributed by atoms with Crippen LogP contribution < -0.4 is 0 Å². The predicted molar refractivity (Wildman–Crippen MR) is 97.9 cm³/mol. The monoisotopic (exact) mass is 424 g/mol. The molecule has 152 valence electrons. The van der Waals surface area contributed by atoms with Crippen molar-refractivity contribution in [3.05, 3.63) is 46.8 Å². The molecule has 2 heterocycles. The van der Waals surface area contributed by atoms with Crippen LogP contribution in [0.1, 0.15) is 44.2 Å². The van der Waals surface area contributed by atoms with E-state index < -0.39 is 23.0 Å². The van der Waals surface area contributed by atoms with Crippen molar-refractivity contribution in [2.75, 3.05) is 0 Å². The van der Waals surface area contributed by atoms with Crippen molar-refractivity contribution in [3.8, 4) is 11.1 Å². The van der Waals surface area contributed by atoms with E-state index in [0.717, 1.165) is 0 Å². The van der Waals surface area contributed by atoms with E-state index in [-0.39, 0.29) is 34.5 Å². The number of hydrogen-bond acceptors (Lipinski definition) is 5. The van der Waals surface area contributed by atoms with Crippen LogP contribution in [0.3, 0.4) is 0 Å². The van der Waals surface area contributed by atoms with Gasteiger partial charge in [0.25, 0.3) is 5.78 Å². The summed E-state index contributed by atoms with van der Waals surface area (Å²) in [6.45, 7) is 1.35. The number of ether oxygens (including phenoxy) is 1. The van der Waals surface area contributed by atoms with E-state index in [0.29, 0.717) is 43.5 Å². The molecule has 1 saturated carbocycles. The average molecular weight is 425 g/mol. The third-order valence-electron chi connectivity index (χ3n) is 5.07. The molecule has 0 saturated heterocycles. The first-order chi connectivity index (χ1) is 13.8. The lowest BCUT2D eigenvalue weighted by Crippen LogP contribution is -2.24. The largest absolute Gasteiger partial charge is 0.463 e. The summed E-state index contributed by atoms with van der Waals surface area (Å²) in [5, 5.41) is 4.00. The van der Waals surface area contributed by atoms with Gasteiger partial charge in [0.2, 0.25) is 0 Å². The van der Waals surface area contributed by atoms with Gasteiger partial charge >= 0.3 is 5.97 Å². The standard InChI is InChI=1S/C19H16ClF3N4O2/c1-9(28)29-12-4-2-10(3-5-12)17-16(15-13(22)6-11(21)7-14(15)23)18(20)26-19-24-8-25-27(17)19/h6-8,10,12H,2-5H2,1H3. The fraction of sp³-hybridized carbons (Fsp3) is 0.368. The summed E-state index contributed by atoms with van der Waals surface area (Å²) < 4.78 is 49.3. The summed E-state index contributed by atoms with van der Waals surface area (Å²) in [6.07, 6.45) is 3.36. The van der Waals surface area contributed by atoms with Crippen LogP contribution in [0.4, 0.5) is 13.2 Å². The van der Waals surface area contributed by atoms with Gasteiger partial charge in [-0.15, -0.1) is 0 Å². The number of fused-ring (bicyclic) bond motifs is 1. The Morgan fingerprint density at radius 2 is 1.79 bits per heavy atom. The highest BCUT2D eigenvalue weighted by atomic mass is 35.5. The summed E-state index contributed by atoms with van der Waals surface area (Å²) in [7, 11) is 0. The normalized spacial score (nSPS) is 19.5. The second-order valence-electron chi connectivity index (χ2n) is 6.96. The molecule has 0 aliphatic heterocycles. The first-order valence-electron chi connectivity index (χ1n) is 9.06. The Morgan fingerprint density at radius 1 is 1.14 bits per heavy atom. The van der Waals surface area contributed by atoms with Crippen molar-refractivity contribution in [1.82, 2.24) is 19.6 Å². The molecule has 1 aliphatic rings. The molecule has 0 amide bonds. The SMILES string of the molecule is CC(=O)OC1CCC(c2c(-c3c(F)cc(F)cc3F)c(Cl)nc3ncnn23)CC1. The lowest BCUT2D eigenvalue weighted by molar-refractivity contribution is -0.147. The molecule has 1 fully saturated rings. The van der Waals surface area contributed by atoms with Gasteiger partial charge in [0.1, 0.15) is 35.0 Å². The highest BCUT2D eigenvalue weighted by Gasteiger charge is 2.32. The van der Waals surface area contributed by atoms with Crippen LogP contribution >= 0.6 is 11.6 Å². The minimum Gasteiger partial charge on any atom is -0.463 e. The number of aromatic nitrogens is 4. The van der Waals surface area contributed by atoms with Gasteiger partial charge < -0.3 is 4.74 Å². The quantitative estimate of drug-likeness (QED) is 0.459. The van der Waals surface area contributed by atoms with Crippen LogP contribution in [-0.4, -0.2) is 31.7 Å². The smallest absolute Gasteiger partial charge is 0.302 e. The molecule has 1 aromatic carbocycles. The topological polar surface area (TPSA) is 69.4 Å². The van der Waals surface area contributed by atoms with E-state index >= 15 is 0 Å². The number of nitrogens with zero attached hydrogens (tertiary/aromatic N) is 4. The molecule has 0 atom stereocenters. The molecule has 10 heteroatoms. The van der Waals surface area contributed by atoms with Gasteiger partial charge in [0.05, 0.1) is 11.3 Å². The van der Waals surface area contributed by atoms with Gasteiger partial charge in [-0.05, 0) is 25.7 Å². The van der Waals surface area contributed by atoms with Crippen LogP contribution in [0.25, 0.3) is 16.9 Å². The summed E-state index contributed by atoms with van der Waals surface area (Å²) in [5.41, 5.74) is 0.0113. The van der Waals surface area contributed by atoms with Crippen molar-refractivity contribution in [3.63, 3.8) is 0 Å². The fourth-order valence-corrected chi connectivity index (χ4v) is 4.18. The van der Waals surface area contributed by atoms with E-state index in [1.165, 1.54) is 17.8 Å². The predicted octanol–water partition coefficient (Wildman–Crippen LogP) is 4.45. The number of esters is 1. The second kappa shape index (κ2) is 7.62. The molecule has 4 rings (SSSR count). The van der Waals surface area contributed by atoms with Crippen molar-refractivity contribution in [2.24, 2.45) is 0 Å². The summed E-state index contributed by atoms with van der Waals surface area (Å²) in [4.78, 5) is 19.3. The van der Waals surface area contributed by atoms with Gasteiger partial charge in [-0.1, -0.05) is 11.6 Å². The number of carbonyl (C=O) groups is 1. The number of rotatable bonds is 3. The Labute approximate surface area is 168 Å². The van der Waals surface area contributed by atoms with Gasteiger partial charge in [-0.3, -0.25) is 4.79 Å². The molecule has 0 bridgehead atoms.